The summed E-state index contributed by atoms with van der Waals surface area (Å²) in [7, 11) is 0. The maximum atomic E-state index is 6.23. The van der Waals surface area contributed by atoms with E-state index in [2.05, 4.69) is 53.4 Å². The van der Waals surface area contributed by atoms with Crippen molar-refractivity contribution in [2.75, 3.05) is 13.1 Å². The zero-order valence-electron chi connectivity index (χ0n) is 13.0. The summed E-state index contributed by atoms with van der Waals surface area (Å²) in [6.45, 7) is 3.20. The number of rotatable bonds is 4. The van der Waals surface area contributed by atoms with Gasteiger partial charge in [-0.15, -0.1) is 0 Å². The smallest absolute Gasteiger partial charge is 0.120 e. The van der Waals surface area contributed by atoms with E-state index in [0.29, 0.717) is 6.10 Å². The molecule has 1 aliphatic heterocycles. The van der Waals surface area contributed by atoms with E-state index in [9.17, 15) is 0 Å². The second kappa shape index (κ2) is 6.13. The van der Waals surface area contributed by atoms with Crippen molar-refractivity contribution in [3.8, 4) is 5.75 Å². The molecular weight excluding hydrogens is 270 g/mol. The van der Waals surface area contributed by atoms with Gasteiger partial charge in [-0.1, -0.05) is 36.4 Å². The summed E-state index contributed by atoms with van der Waals surface area (Å²) in [6.07, 6.45) is 5.22. The van der Waals surface area contributed by atoms with Crippen LogP contribution in [0.1, 0.15) is 29.5 Å². The Morgan fingerprint density at radius 3 is 2.77 bits per heavy atom. The summed E-state index contributed by atoms with van der Waals surface area (Å²) in [5.41, 5.74) is 4.40. The lowest BCUT2D eigenvalue weighted by Gasteiger charge is -2.17. The molecule has 1 aliphatic carbocycles. The fraction of sp³-hybridized carbons (Fsp3) is 0.400. The first-order valence-corrected chi connectivity index (χ1v) is 8.41. The van der Waals surface area contributed by atoms with E-state index in [1.54, 1.807) is 0 Å². The molecule has 1 saturated heterocycles. The number of likely N-dealkylation sites (tertiary alicyclic amines) is 1. The van der Waals surface area contributed by atoms with E-state index in [4.69, 9.17) is 4.74 Å². The molecule has 1 fully saturated rings. The van der Waals surface area contributed by atoms with Crippen molar-refractivity contribution < 1.29 is 4.74 Å². The Hall–Kier alpha value is -1.80. The number of ether oxygens (including phenoxy) is 1. The Labute approximate surface area is 132 Å². The van der Waals surface area contributed by atoms with Gasteiger partial charge in [-0.2, -0.15) is 0 Å². The highest BCUT2D eigenvalue weighted by Crippen LogP contribution is 2.27. The highest BCUT2D eigenvalue weighted by molar-refractivity contribution is 5.38. The predicted molar refractivity (Wildman–Crippen MR) is 89.2 cm³/mol. The van der Waals surface area contributed by atoms with E-state index in [-0.39, 0.29) is 0 Å². The summed E-state index contributed by atoms with van der Waals surface area (Å²) in [5, 5.41) is 0. The van der Waals surface area contributed by atoms with Gasteiger partial charge >= 0.3 is 0 Å². The van der Waals surface area contributed by atoms with Crippen LogP contribution in [0, 0.1) is 0 Å². The first kappa shape index (κ1) is 13.8. The summed E-state index contributed by atoms with van der Waals surface area (Å²) in [6, 6.07) is 17.4. The molecule has 0 spiro atoms. The second-order valence-electron chi connectivity index (χ2n) is 6.53. The molecule has 0 N–H and O–H groups in total. The maximum absolute atomic E-state index is 6.23. The molecule has 2 heteroatoms. The molecular formula is C20H23NO. The van der Waals surface area contributed by atoms with Crippen molar-refractivity contribution >= 4 is 0 Å². The first-order valence-electron chi connectivity index (χ1n) is 8.41. The van der Waals surface area contributed by atoms with Gasteiger partial charge in [0.15, 0.2) is 0 Å². The third-order valence-electron chi connectivity index (χ3n) is 4.85. The second-order valence-corrected chi connectivity index (χ2v) is 6.53. The van der Waals surface area contributed by atoms with E-state index < -0.39 is 0 Å². The van der Waals surface area contributed by atoms with Crippen LogP contribution in [0.4, 0.5) is 0 Å². The van der Waals surface area contributed by atoms with Crippen LogP contribution >= 0.6 is 0 Å². The highest BCUT2D eigenvalue weighted by atomic mass is 16.5. The molecule has 0 aromatic heterocycles. The topological polar surface area (TPSA) is 12.5 Å². The van der Waals surface area contributed by atoms with Gasteiger partial charge in [0.2, 0.25) is 0 Å². The minimum Gasteiger partial charge on any atom is -0.489 e. The number of nitrogens with zero attached hydrogens (tertiary/aromatic N) is 1. The van der Waals surface area contributed by atoms with E-state index in [1.807, 2.05) is 0 Å². The normalized spacial score (nSPS) is 21.0. The van der Waals surface area contributed by atoms with Crippen LogP contribution in [0.5, 0.6) is 5.75 Å². The highest BCUT2D eigenvalue weighted by Gasteiger charge is 2.24. The Morgan fingerprint density at radius 2 is 1.86 bits per heavy atom. The summed E-state index contributed by atoms with van der Waals surface area (Å²) < 4.78 is 6.23. The third kappa shape index (κ3) is 3.02. The van der Waals surface area contributed by atoms with Gasteiger partial charge in [0.1, 0.15) is 11.9 Å². The van der Waals surface area contributed by atoms with Gasteiger partial charge in [-0.25, -0.2) is 0 Å². The Kier molecular flexibility index (Phi) is 3.86. The summed E-state index contributed by atoms with van der Waals surface area (Å²) in [4.78, 5) is 2.49. The summed E-state index contributed by atoms with van der Waals surface area (Å²) in [5.74, 6) is 1.06. The van der Waals surface area contributed by atoms with Crippen LogP contribution in [0.15, 0.2) is 48.5 Å². The third-order valence-corrected chi connectivity index (χ3v) is 4.85. The average molecular weight is 293 g/mol. The Balaban J connectivity index is 1.35. The minimum atomic E-state index is 0.336. The molecule has 114 valence electrons. The van der Waals surface area contributed by atoms with Crippen LogP contribution in [-0.2, 0) is 19.4 Å². The molecule has 1 atom stereocenters. The fourth-order valence-corrected chi connectivity index (χ4v) is 3.69. The number of hydrogen-bond donors (Lipinski definition) is 0. The lowest BCUT2D eigenvalue weighted by atomic mass is 10.1. The van der Waals surface area contributed by atoms with Gasteiger partial charge < -0.3 is 4.74 Å². The van der Waals surface area contributed by atoms with Crippen LogP contribution in [0.3, 0.4) is 0 Å². The van der Waals surface area contributed by atoms with Crippen LogP contribution in [0.25, 0.3) is 0 Å². The van der Waals surface area contributed by atoms with Crippen LogP contribution in [0.2, 0.25) is 0 Å². The summed E-state index contributed by atoms with van der Waals surface area (Å²) >= 11 is 0. The van der Waals surface area contributed by atoms with Crippen molar-refractivity contribution in [2.24, 2.45) is 0 Å². The van der Waals surface area contributed by atoms with Gasteiger partial charge in [0, 0.05) is 19.6 Å². The largest absolute Gasteiger partial charge is 0.489 e. The SMILES string of the molecule is c1ccc(CN2CCC(Oc3ccc4c(c3)CCC4)C2)cc1. The van der Waals surface area contributed by atoms with E-state index in [1.165, 1.54) is 36.0 Å². The fourth-order valence-electron chi connectivity index (χ4n) is 3.69. The Morgan fingerprint density at radius 1 is 1.00 bits per heavy atom. The monoisotopic (exact) mass is 293 g/mol. The molecule has 2 aliphatic rings. The number of fused-ring (bicyclic) bond motifs is 1. The first-order chi connectivity index (χ1) is 10.9. The molecule has 0 radical (unpaired) electrons. The van der Waals surface area contributed by atoms with Crippen molar-refractivity contribution in [3.05, 3.63) is 65.2 Å². The molecule has 0 saturated carbocycles. The van der Waals surface area contributed by atoms with Gasteiger partial charge in [-0.05, 0) is 54.5 Å². The Bertz CT molecular complexity index is 637. The molecule has 2 aromatic carbocycles. The number of benzene rings is 2. The van der Waals surface area contributed by atoms with E-state index in [0.717, 1.165) is 31.8 Å². The molecule has 0 amide bonds. The average Bonchev–Trinajstić information content (AvgIpc) is 3.17. The lowest BCUT2D eigenvalue weighted by molar-refractivity contribution is 0.198. The van der Waals surface area contributed by atoms with E-state index >= 15 is 0 Å². The maximum Gasteiger partial charge on any atom is 0.120 e. The molecule has 1 unspecified atom stereocenters. The van der Waals surface area contributed by atoms with Crippen LogP contribution in [-0.4, -0.2) is 24.1 Å². The molecule has 2 aromatic rings. The van der Waals surface area contributed by atoms with Crippen molar-refractivity contribution in [1.82, 2.24) is 4.90 Å². The minimum absolute atomic E-state index is 0.336. The lowest BCUT2D eigenvalue weighted by Crippen LogP contribution is -2.24. The molecule has 4 rings (SSSR count). The molecule has 22 heavy (non-hydrogen) atoms. The molecule has 1 heterocycles. The van der Waals surface area contributed by atoms with Crippen molar-refractivity contribution in [2.45, 2.75) is 38.3 Å². The van der Waals surface area contributed by atoms with Gasteiger partial charge in [0.05, 0.1) is 0 Å². The number of aryl methyl sites for hydroxylation is 2. The van der Waals surface area contributed by atoms with Crippen molar-refractivity contribution in [1.29, 1.82) is 0 Å². The number of hydrogen-bond acceptors (Lipinski definition) is 2. The van der Waals surface area contributed by atoms with Crippen molar-refractivity contribution in [3.63, 3.8) is 0 Å². The predicted octanol–water partition coefficient (Wildman–Crippen LogP) is 3.83. The zero-order chi connectivity index (χ0) is 14.8. The molecule has 2 nitrogen and oxygen atoms in total. The van der Waals surface area contributed by atoms with Crippen LogP contribution < -0.4 is 4.74 Å². The molecule has 0 bridgehead atoms. The quantitative estimate of drug-likeness (QED) is 0.849. The van der Waals surface area contributed by atoms with Gasteiger partial charge in [0.25, 0.3) is 0 Å². The zero-order valence-corrected chi connectivity index (χ0v) is 13.0. The standard InChI is InChI=1S/C20H23NO/c1-2-5-16(6-3-1)14-21-12-11-20(15-21)22-19-10-9-17-7-4-8-18(17)13-19/h1-3,5-6,9-10,13,20H,4,7-8,11-12,14-15H2. The van der Waals surface area contributed by atoms with Gasteiger partial charge in [-0.3, -0.25) is 4.90 Å².